The van der Waals surface area contributed by atoms with Crippen molar-refractivity contribution < 1.29 is 5.11 Å². The topological polar surface area (TPSA) is 23.5 Å². The Labute approximate surface area is 118 Å². The predicted molar refractivity (Wildman–Crippen MR) is 82.7 cm³/mol. The summed E-state index contributed by atoms with van der Waals surface area (Å²) in [6.45, 7) is 12.8. The second kappa shape index (κ2) is 7.54. The zero-order valence-corrected chi connectivity index (χ0v) is 13.2. The molecule has 0 aromatic heterocycles. The summed E-state index contributed by atoms with van der Waals surface area (Å²) < 4.78 is 0. The van der Waals surface area contributed by atoms with E-state index in [0.29, 0.717) is 11.8 Å². The first-order chi connectivity index (χ1) is 8.95. The Bertz CT molecular complexity index is 375. The van der Waals surface area contributed by atoms with Gasteiger partial charge < -0.3 is 5.11 Å². The Morgan fingerprint density at radius 3 is 2.16 bits per heavy atom. The summed E-state index contributed by atoms with van der Waals surface area (Å²) in [6.07, 6.45) is 3.84. The van der Waals surface area contributed by atoms with Crippen LogP contribution in [-0.4, -0.2) is 22.6 Å². The molecule has 0 amide bonds. The van der Waals surface area contributed by atoms with Gasteiger partial charge in [-0.15, -0.1) is 0 Å². The van der Waals surface area contributed by atoms with E-state index in [1.54, 1.807) is 0 Å². The number of unbranched alkanes of at least 4 members (excludes halogenated alkanes) is 2. The fourth-order valence-corrected chi connectivity index (χ4v) is 2.46. The molecule has 108 valence electrons. The van der Waals surface area contributed by atoms with Crippen LogP contribution in [0.3, 0.4) is 0 Å². The van der Waals surface area contributed by atoms with Gasteiger partial charge in [-0.3, -0.25) is 4.90 Å². The van der Waals surface area contributed by atoms with E-state index in [-0.39, 0.29) is 0 Å². The third-order valence-electron chi connectivity index (χ3n) is 3.72. The number of phenols is 1. The van der Waals surface area contributed by atoms with Gasteiger partial charge in [-0.25, -0.2) is 0 Å². The van der Waals surface area contributed by atoms with Crippen LogP contribution < -0.4 is 0 Å². The Balaban J connectivity index is 2.73. The number of hydrogen-bond donors (Lipinski definition) is 1. The molecular formula is C17H29NO. The van der Waals surface area contributed by atoms with Gasteiger partial charge in [0.15, 0.2) is 0 Å². The van der Waals surface area contributed by atoms with E-state index in [2.05, 4.69) is 37.8 Å². The third kappa shape index (κ3) is 4.87. The summed E-state index contributed by atoms with van der Waals surface area (Å²) in [4.78, 5) is 2.51. The second-order valence-corrected chi connectivity index (χ2v) is 5.85. The Morgan fingerprint density at radius 2 is 1.68 bits per heavy atom. The highest BCUT2D eigenvalue weighted by Gasteiger charge is 2.11. The standard InChI is InChI=1S/C17H29NO/c1-6-7-8-9-18(13(2)3)12-16-10-14(4)17(19)15(5)11-16/h10-11,13,19H,6-9,12H2,1-5H3. The van der Waals surface area contributed by atoms with Crippen LogP contribution in [0.25, 0.3) is 0 Å². The molecule has 0 spiro atoms. The molecule has 0 radical (unpaired) electrons. The fraction of sp³-hybridized carbons (Fsp3) is 0.647. The lowest BCUT2D eigenvalue weighted by molar-refractivity contribution is 0.208. The minimum Gasteiger partial charge on any atom is -0.507 e. The molecular weight excluding hydrogens is 234 g/mol. The van der Waals surface area contributed by atoms with Gasteiger partial charge in [-0.2, -0.15) is 0 Å². The summed E-state index contributed by atoms with van der Waals surface area (Å²) >= 11 is 0. The van der Waals surface area contributed by atoms with Crippen LogP contribution in [0, 0.1) is 13.8 Å². The number of benzene rings is 1. The van der Waals surface area contributed by atoms with Crippen LogP contribution in [-0.2, 0) is 6.54 Å². The smallest absolute Gasteiger partial charge is 0.121 e. The summed E-state index contributed by atoms with van der Waals surface area (Å²) in [6, 6.07) is 4.78. The van der Waals surface area contributed by atoms with E-state index in [4.69, 9.17) is 0 Å². The van der Waals surface area contributed by atoms with E-state index in [1.165, 1.54) is 24.8 Å². The number of nitrogens with zero attached hydrogens (tertiary/aromatic N) is 1. The van der Waals surface area contributed by atoms with Crippen molar-refractivity contribution >= 4 is 0 Å². The number of aromatic hydroxyl groups is 1. The van der Waals surface area contributed by atoms with Crippen molar-refractivity contribution in [1.29, 1.82) is 0 Å². The van der Waals surface area contributed by atoms with Crippen LogP contribution in [0.5, 0.6) is 5.75 Å². The maximum absolute atomic E-state index is 9.83. The number of phenolic OH excluding ortho intramolecular Hbond substituents is 1. The minimum absolute atomic E-state index is 0.436. The normalized spacial score (nSPS) is 11.5. The molecule has 1 rings (SSSR count). The van der Waals surface area contributed by atoms with Gasteiger partial charge >= 0.3 is 0 Å². The van der Waals surface area contributed by atoms with Crippen LogP contribution >= 0.6 is 0 Å². The summed E-state index contributed by atoms with van der Waals surface area (Å²) in [5.74, 6) is 0.436. The molecule has 0 saturated carbocycles. The highest BCUT2D eigenvalue weighted by atomic mass is 16.3. The average molecular weight is 263 g/mol. The largest absolute Gasteiger partial charge is 0.507 e. The Morgan fingerprint density at radius 1 is 1.11 bits per heavy atom. The molecule has 2 nitrogen and oxygen atoms in total. The summed E-state index contributed by atoms with van der Waals surface area (Å²) in [5, 5.41) is 9.83. The van der Waals surface area contributed by atoms with Crippen molar-refractivity contribution in [2.45, 2.75) is 66.5 Å². The SMILES string of the molecule is CCCCCN(Cc1cc(C)c(O)c(C)c1)C(C)C. The first-order valence-electron chi connectivity index (χ1n) is 7.48. The molecule has 0 aliphatic carbocycles. The lowest BCUT2D eigenvalue weighted by Gasteiger charge is -2.27. The molecule has 0 aliphatic rings. The van der Waals surface area contributed by atoms with E-state index in [9.17, 15) is 5.11 Å². The number of rotatable bonds is 7. The van der Waals surface area contributed by atoms with Gasteiger partial charge in [0.25, 0.3) is 0 Å². The molecule has 1 N–H and O–H groups in total. The lowest BCUT2D eigenvalue weighted by Crippen LogP contribution is -2.31. The summed E-state index contributed by atoms with van der Waals surface area (Å²) in [5.41, 5.74) is 3.26. The molecule has 0 heterocycles. The highest BCUT2D eigenvalue weighted by molar-refractivity contribution is 5.42. The quantitative estimate of drug-likeness (QED) is 0.737. The zero-order chi connectivity index (χ0) is 14.4. The van der Waals surface area contributed by atoms with Crippen molar-refractivity contribution in [3.05, 3.63) is 28.8 Å². The Kier molecular flexibility index (Phi) is 6.36. The lowest BCUT2D eigenvalue weighted by atomic mass is 10.0. The van der Waals surface area contributed by atoms with Crippen molar-refractivity contribution in [2.24, 2.45) is 0 Å². The van der Waals surface area contributed by atoms with Crippen molar-refractivity contribution in [3.8, 4) is 5.75 Å². The van der Waals surface area contributed by atoms with Gasteiger partial charge in [0.2, 0.25) is 0 Å². The number of aryl methyl sites for hydroxylation is 2. The highest BCUT2D eigenvalue weighted by Crippen LogP contribution is 2.24. The van der Waals surface area contributed by atoms with E-state index < -0.39 is 0 Å². The van der Waals surface area contributed by atoms with Gasteiger partial charge in [0.05, 0.1) is 0 Å². The zero-order valence-electron chi connectivity index (χ0n) is 13.2. The van der Waals surface area contributed by atoms with Crippen molar-refractivity contribution in [3.63, 3.8) is 0 Å². The van der Waals surface area contributed by atoms with E-state index in [0.717, 1.165) is 24.2 Å². The van der Waals surface area contributed by atoms with E-state index in [1.807, 2.05) is 13.8 Å². The molecule has 0 fully saturated rings. The predicted octanol–water partition coefficient (Wildman–Crippen LogP) is 4.41. The van der Waals surface area contributed by atoms with E-state index >= 15 is 0 Å². The molecule has 0 aliphatic heterocycles. The molecule has 0 saturated heterocycles. The number of hydrogen-bond acceptors (Lipinski definition) is 2. The van der Waals surface area contributed by atoms with Crippen LogP contribution in [0.15, 0.2) is 12.1 Å². The van der Waals surface area contributed by atoms with Crippen molar-refractivity contribution in [2.75, 3.05) is 6.54 Å². The van der Waals surface area contributed by atoms with Gasteiger partial charge in [0, 0.05) is 12.6 Å². The second-order valence-electron chi connectivity index (χ2n) is 5.85. The average Bonchev–Trinajstić information content (AvgIpc) is 2.34. The van der Waals surface area contributed by atoms with Crippen LogP contribution in [0.2, 0.25) is 0 Å². The Hall–Kier alpha value is -1.02. The minimum atomic E-state index is 0.436. The maximum Gasteiger partial charge on any atom is 0.121 e. The molecule has 0 unspecified atom stereocenters. The molecule has 1 aromatic rings. The van der Waals surface area contributed by atoms with Crippen LogP contribution in [0.1, 0.15) is 56.7 Å². The third-order valence-corrected chi connectivity index (χ3v) is 3.72. The fourth-order valence-electron chi connectivity index (χ4n) is 2.46. The summed E-state index contributed by atoms with van der Waals surface area (Å²) in [7, 11) is 0. The van der Waals surface area contributed by atoms with Crippen LogP contribution in [0.4, 0.5) is 0 Å². The molecule has 19 heavy (non-hydrogen) atoms. The van der Waals surface area contributed by atoms with Gasteiger partial charge in [0.1, 0.15) is 5.75 Å². The van der Waals surface area contributed by atoms with Gasteiger partial charge in [-0.1, -0.05) is 31.9 Å². The molecule has 0 atom stereocenters. The van der Waals surface area contributed by atoms with Crippen molar-refractivity contribution in [1.82, 2.24) is 4.90 Å². The molecule has 0 bridgehead atoms. The molecule has 2 heteroatoms. The monoisotopic (exact) mass is 263 g/mol. The molecule has 1 aromatic carbocycles. The maximum atomic E-state index is 9.83. The first kappa shape index (κ1) is 16.0. The first-order valence-corrected chi connectivity index (χ1v) is 7.48. The van der Waals surface area contributed by atoms with Gasteiger partial charge in [-0.05, 0) is 57.4 Å².